The number of fused-ring (bicyclic) bond motifs is 11. The van der Waals surface area contributed by atoms with Crippen molar-refractivity contribution in [1.29, 1.82) is 0 Å². The van der Waals surface area contributed by atoms with E-state index >= 15 is 0 Å². The van der Waals surface area contributed by atoms with Crippen LogP contribution in [-0.2, 0) is 6.42 Å². The summed E-state index contributed by atoms with van der Waals surface area (Å²) in [7, 11) is 0. The van der Waals surface area contributed by atoms with Crippen LogP contribution in [0, 0.1) is 0 Å². The first-order valence-electron chi connectivity index (χ1n) is 16.7. The lowest BCUT2D eigenvalue weighted by Crippen LogP contribution is -2.03. The van der Waals surface area contributed by atoms with Crippen molar-refractivity contribution in [3.8, 4) is 28.3 Å². The standard InChI is InChI=1S/C44H27N3OS/c1-2-11-26(12-3-1)41-33-15-4-7-18-35(33)45-44(46-41)47-36-24-23-32-30-14-6-9-20-39(30)49-43(32)40(36)34-22-21-27(25-37(34)47)28-16-10-17-31-29-13-5-8-19-38(29)48-42(28)31/h1-5,7-13,15-25H,6,14H2. The molecule has 0 saturated carbocycles. The highest BCUT2D eigenvalue weighted by molar-refractivity contribution is 7.21. The van der Waals surface area contributed by atoms with Gasteiger partial charge in [0.05, 0.1) is 22.2 Å². The van der Waals surface area contributed by atoms with E-state index in [4.69, 9.17) is 14.4 Å². The van der Waals surface area contributed by atoms with E-state index in [0.29, 0.717) is 5.95 Å². The highest BCUT2D eigenvalue weighted by Gasteiger charge is 2.23. The molecule has 0 unspecified atom stereocenters. The summed E-state index contributed by atoms with van der Waals surface area (Å²) in [6, 6.07) is 44.9. The van der Waals surface area contributed by atoms with E-state index in [1.807, 2.05) is 29.5 Å². The van der Waals surface area contributed by atoms with Gasteiger partial charge in [-0.3, -0.25) is 4.57 Å². The Labute approximate surface area is 285 Å². The smallest absolute Gasteiger partial charge is 0.235 e. The van der Waals surface area contributed by atoms with Crippen LogP contribution < -0.4 is 0 Å². The quantitative estimate of drug-likeness (QED) is 0.192. The number of aromatic nitrogens is 3. The van der Waals surface area contributed by atoms with E-state index in [9.17, 15) is 0 Å². The minimum atomic E-state index is 0.664. The second-order valence-electron chi connectivity index (χ2n) is 12.8. The van der Waals surface area contributed by atoms with Gasteiger partial charge >= 0.3 is 0 Å². The van der Waals surface area contributed by atoms with Crippen LogP contribution in [0.5, 0.6) is 0 Å². The molecule has 0 radical (unpaired) electrons. The maximum Gasteiger partial charge on any atom is 0.235 e. The van der Waals surface area contributed by atoms with Gasteiger partial charge < -0.3 is 4.42 Å². The molecule has 10 aromatic rings. The van der Waals surface area contributed by atoms with E-state index < -0.39 is 0 Å². The van der Waals surface area contributed by atoms with Gasteiger partial charge in [-0.15, -0.1) is 11.3 Å². The number of hydrogen-bond acceptors (Lipinski definition) is 4. The van der Waals surface area contributed by atoms with E-state index in [1.54, 1.807) is 0 Å². The van der Waals surface area contributed by atoms with Crippen molar-refractivity contribution in [2.24, 2.45) is 0 Å². The molecule has 4 nitrogen and oxygen atoms in total. The van der Waals surface area contributed by atoms with Crippen molar-refractivity contribution >= 4 is 82.1 Å². The van der Waals surface area contributed by atoms with Gasteiger partial charge in [-0.1, -0.05) is 109 Å². The van der Waals surface area contributed by atoms with Crippen molar-refractivity contribution in [1.82, 2.24) is 14.5 Å². The van der Waals surface area contributed by atoms with Crippen LogP contribution in [0.2, 0.25) is 0 Å². The molecule has 0 saturated heterocycles. The molecule has 0 aliphatic heterocycles. The summed E-state index contributed by atoms with van der Waals surface area (Å²) in [6.07, 6.45) is 6.77. The second kappa shape index (κ2) is 10.2. The molecule has 5 heteroatoms. The molecule has 0 bridgehead atoms. The number of allylic oxidation sites excluding steroid dienone is 1. The molecule has 0 spiro atoms. The van der Waals surface area contributed by atoms with E-state index in [0.717, 1.165) is 79.1 Å². The lowest BCUT2D eigenvalue weighted by atomic mass is 9.99. The number of furan rings is 1. The predicted octanol–water partition coefficient (Wildman–Crippen LogP) is 12.1. The van der Waals surface area contributed by atoms with Crippen molar-refractivity contribution in [3.63, 3.8) is 0 Å². The third-order valence-corrected chi connectivity index (χ3v) is 11.3. The average Bonchev–Trinajstić information content (AvgIpc) is 3.84. The monoisotopic (exact) mass is 645 g/mol. The molecule has 0 fully saturated rings. The van der Waals surface area contributed by atoms with Crippen LogP contribution in [0.25, 0.3) is 99.1 Å². The van der Waals surface area contributed by atoms with Crippen LogP contribution in [0.3, 0.4) is 0 Å². The molecule has 4 heterocycles. The van der Waals surface area contributed by atoms with Crippen molar-refractivity contribution in [2.45, 2.75) is 12.8 Å². The van der Waals surface area contributed by atoms with Gasteiger partial charge in [0.15, 0.2) is 0 Å². The van der Waals surface area contributed by atoms with Crippen LogP contribution in [0.15, 0.2) is 138 Å². The van der Waals surface area contributed by atoms with Gasteiger partial charge in [-0.05, 0) is 59.7 Å². The van der Waals surface area contributed by atoms with E-state index in [2.05, 4.69) is 126 Å². The summed E-state index contributed by atoms with van der Waals surface area (Å²) >= 11 is 1.90. The van der Waals surface area contributed by atoms with Gasteiger partial charge in [0, 0.05) is 47.6 Å². The molecule has 4 aromatic heterocycles. The minimum absolute atomic E-state index is 0.664. The maximum atomic E-state index is 6.50. The predicted molar refractivity (Wildman–Crippen MR) is 205 cm³/mol. The number of para-hydroxylation sites is 3. The van der Waals surface area contributed by atoms with Crippen LogP contribution >= 0.6 is 11.3 Å². The van der Waals surface area contributed by atoms with Crippen molar-refractivity contribution < 1.29 is 4.42 Å². The Morgan fingerprint density at radius 3 is 2.39 bits per heavy atom. The number of aryl methyl sites for hydroxylation is 1. The van der Waals surface area contributed by atoms with Gasteiger partial charge in [-0.2, -0.15) is 0 Å². The average molecular weight is 646 g/mol. The fourth-order valence-electron chi connectivity index (χ4n) is 7.87. The Morgan fingerprint density at radius 2 is 1.45 bits per heavy atom. The Hall–Kier alpha value is -6.04. The molecule has 1 aliphatic rings. The van der Waals surface area contributed by atoms with Crippen LogP contribution in [0.1, 0.15) is 16.9 Å². The molecular weight excluding hydrogens is 619 g/mol. The van der Waals surface area contributed by atoms with Crippen LogP contribution in [-0.4, -0.2) is 14.5 Å². The Kier molecular flexibility index (Phi) is 5.63. The molecule has 0 atom stereocenters. The van der Waals surface area contributed by atoms with Gasteiger partial charge in [-0.25, -0.2) is 9.97 Å². The Balaban J connectivity index is 1.26. The van der Waals surface area contributed by atoms with Gasteiger partial charge in [0.2, 0.25) is 5.95 Å². The number of rotatable bonds is 3. The normalized spacial score (nSPS) is 13.1. The zero-order chi connectivity index (χ0) is 32.1. The second-order valence-corrected chi connectivity index (χ2v) is 13.9. The number of benzene rings is 6. The molecule has 11 rings (SSSR count). The molecule has 6 aromatic carbocycles. The molecule has 0 N–H and O–H groups in total. The SMILES string of the molecule is C1=Cc2sc3c(ccc4c3c3ccc(-c5cccc6c5oc5ccccc56)cc3n4-c3nc(-c4ccccc4)c4ccccc4n3)c2CC1. The zero-order valence-corrected chi connectivity index (χ0v) is 27.2. The Morgan fingerprint density at radius 1 is 0.633 bits per heavy atom. The molecular formula is C44H27N3OS. The number of nitrogens with zero attached hydrogens (tertiary/aromatic N) is 3. The third-order valence-electron chi connectivity index (χ3n) is 10.1. The lowest BCUT2D eigenvalue weighted by molar-refractivity contribution is 0.670. The topological polar surface area (TPSA) is 43.9 Å². The Bertz CT molecular complexity index is 3000. The first-order valence-corrected chi connectivity index (χ1v) is 17.5. The highest BCUT2D eigenvalue weighted by Crippen LogP contribution is 2.45. The van der Waals surface area contributed by atoms with Gasteiger partial charge in [0.1, 0.15) is 11.2 Å². The first-order chi connectivity index (χ1) is 24.3. The zero-order valence-electron chi connectivity index (χ0n) is 26.4. The summed E-state index contributed by atoms with van der Waals surface area (Å²) in [5, 5.41) is 7.10. The fourth-order valence-corrected chi connectivity index (χ4v) is 9.21. The fraction of sp³-hybridized carbons (Fsp3) is 0.0455. The molecule has 230 valence electrons. The summed E-state index contributed by atoms with van der Waals surface area (Å²) in [5.74, 6) is 0.664. The number of hydrogen-bond donors (Lipinski definition) is 0. The maximum absolute atomic E-state index is 6.50. The lowest BCUT2D eigenvalue weighted by Gasteiger charge is -2.12. The summed E-state index contributed by atoms with van der Waals surface area (Å²) < 4.78 is 10.1. The summed E-state index contributed by atoms with van der Waals surface area (Å²) in [6.45, 7) is 0. The highest BCUT2D eigenvalue weighted by atomic mass is 32.1. The van der Waals surface area contributed by atoms with Crippen molar-refractivity contribution in [2.75, 3.05) is 0 Å². The largest absolute Gasteiger partial charge is 0.455 e. The van der Waals surface area contributed by atoms with E-state index in [1.165, 1.54) is 31.3 Å². The molecule has 0 amide bonds. The summed E-state index contributed by atoms with van der Waals surface area (Å²) in [5.41, 5.74) is 10.5. The third kappa shape index (κ3) is 3.91. The van der Waals surface area contributed by atoms with Gasteiger partial charge in [0.25, 0.3) is 0 Å². The minimum Gasteiger partial charge on any atom is -0.455 e. The molecule has 49 heavy (non-hydrogen) atoms. The van der Waals surface area contributed by atoms with Crippen molar-refractivity contribution in [3.05, 3.63) is 144 Å². The van der Waals surface area contributed by atoms with E-state index in [-0.39, 0.29) is 0 Å². The van der Waals surface area contributed by atoms with Crippen LogP contribution in [0.4, 0.5) is 0 Å². The number of thiophene rings is 1. The summed E-state index contributed by atoms with van der Waals surface area (Å²) in [4.78, 5) is 12.0. The first kappa shape index (κ1) is 27.0. The molecule has 1 aliphatic carbocycles.